The highest BCUT2D eigenvalue weighted by Gasteiger charge is 2.09. The molecule has 0 fully saturated rings. The Hall–Kier alpha value is -2.36. The molecular weight excluding hydrogens is 288 g/mol. The van der Waals surface area contributed by atoms with Crippen molar-refractivity contribution in [1.29, 1.82) is 0 Å². The monoisotopic (exact) mass is 312 g/mol. The Kier molecular flexibility index (Phi) is 6.60. The number of pyridine rings is 1. The number of rotatable bonds is 8. The van der Waals surface area contributed by atoms with Crippen LogP contribution in [0.25, 0.3) is 0 Å². The van der Waals surface area contributed by atoms with Gasteiger partial charge in [-0.2, -0.15) is 0 Å². The zero-order valence-electron chi connectivity index (χ0n) is 13.8. The highest BCUT2D eigenvalue weighted by atomic mass is 16.5. The molecule has 4 nitrogen and oxygen atoms in total. The number of carbonyl (C=O) groups excluding carboxylic acids is 1. The number of amides is 1. The van der Waals surface area contributed by atoms with E-state index in [-0.39, 0.29) is 11.9 Å². The number of hydrogen-bond donors (Lipinski definition) is 1. The first-order valence-electron chi connectivity index (χ1n) is 8.11. The third kappa shape index (κ3) is 5.74. The highest BCUT2D eigenvalue weighted by molar-refractivity contribution is 5.76. The fraction of sp³-hybridized carbons (Fsp3) is 0.368. The molecule has 0 saturated heterocycles. The van der Waals surface area contributed by atoms with Gasteiger partial charge >= 0.3 is 0 Å². The van der Waals surface area contributed by atoms with E-state index in [2.05, 4.69) is 10.3 Å². The number of ether oxygens (including phenoxy) is 1. The molecule has 1 unspecified atom stereocenters. The lowest BCUT2D eigenvalue weighted by Crippen LogP contribution is -2.26. The fourth-order valence-corrected chi connectivity index (χ4v) is 2.39. The molecule has 0 aliphatic carbocycles. The molecule has 1 aromatic carbocycles. The minimum Gasteiger partial charge on any atom is -0.494 e. The lowest BCUT2D eigenvalue weighted by Gasteiger charge is -2.15. The summed E-state index contributed by atoms with van der Waals surface area (Å²) in [7, 11) is 0. The molecule has 23 heavy (non-hydrogen) atoms. The Bertz CT molecular complexity index is 597. The van der Waals surface area contributed by atoms with Crippen LogP contribution in [0.15, 0.2) is 48.7 Å². The van der Waals surface area contributed by atoms with E-state index in [1.165, 1.54) is 0 Å². The largest absolute Gasteiger partial charge is 0.494 e. The second kappa shape index (κ2) is 8.93. The smallest absolute Gasteiger partial charge is 0.220 e. The summed E-state index contributed by atoms with van der Waals surface area (Å²) in [4.78, 5) is 16.3. The summed E-state index contributed by atoms with van der Waals surface area (Å²) in [5.41, 5.74) is 2.10. The van der Waals surface area contributed by atoms with Gasteiger partial charge in [0.15, 0.2) is 0 Å². The molecule has 0 aliphatic rings. The Morgan fingerprint density at radius 1 is 1.22 bits per heavy atom. The number of nitrogens with zero attached hydrogens (tertiary/aromatic N) is 1. The molecular formula is C19H24N2O2. The first kappa shape index (κ1) is 17.0. The van der Waals surface area contributed by atoms with Gasteiger partial charge in [-0.15, -0.1) is 0 Å². The molecule has 0 radical (unpaired) electrons. The SMILES string of the molecule is CCOc1ccc(C(C)NC(=O)CCCc2ccccn2)cc1. The van der Waals surface area contributed by atoms with Crippen molar-refractivity contribution in [2.24, 2.45) is 0 Å². The van der Waals surface area contributed by atoms with Crippen LogP contribution < -0.4 is 10.1 Å². The summed E-state index contributed by atoms with van der Waals surface area (Å²) in [6.07, 6.45) is 3.92. The van der Waals surface area contributed by atoms with Crippen LogP contribution >= 0.6 is 0 Å². The molecule has 0 spiro atoms. The van der Waals surface area contributed by atoms with Crippen molar-refractivity contribution < 1.29 is 9.53 Å². The second-order valence-corrected chi connectivity index (χ2v) is 5.47. The van der Waals surface area contributed by atoms with Gasteiger partial charge in [-0.1, -0.05) is 18.2 Å². The van der Waals surface area contributed by atoms with E-state index in [4.69, 9.17) is 4.74 Å². The van der Waals surface area contributed by atoms with Crippen molar-refractivity contribution in [3.05, 3.63) is 59.9 Å². The van der Waals surface area contributed by atoms with Gasteiger partial charge < -0.3 is 10.1 Å². The Morgan fingerprint density at radius 3 is 2.65 bits per heavy atom. The summed E-state index contributed by atoms with van der Waals surface area (Å²) in [6.45, 7) is 4.61. The van der Waals surface area contributed by atoms with E-state index in [9.17, 15) is 4.79 Å². The van der Waals surface area contributed by atoms with Gasteiger partial charge in [-0.25, -0.2) is 0 Å². The molecule has 122 valence electrons. The summed E-state index contributed by atoms with van der Waals surface area (Å²) in [6, 6.07) is 13.7. The predicted octanol–water partition coefficient (Wildman–Crippen LogP) is 3.68. The van der Waals surface area contributed by atoms with Crippen molar-refractivity contribution in [2.45, 2.75) is 39.2 Å². The average molecular weight is 312 g/mol. The van der Waals surface area contributed by atoms with Crippen molar-refractivity contribution in [2.75, 3.05) is 6.61 Å². The number of benzene rings is 1. The average Bonchev–Trinajstić information content (AvgIpc) is 2.57. The van der Waals surface area contributed by atoms with Crippen LogP contribution in [0.2, 0.25) is 0 Å². The Labute approximate surface area is 137 Å². The van der Waals surface area contributed by atoms with Crippen LogP contribution in [-0.4, -0.2) is 17.5 Å². The molecule has 0 saturated carbocycles. The maximum absolute atomic E-state index is 12.0. The van der Waals surface area contributed by atoms with Crippen molar-refractivity contribution in [3.63, 3.8) is 0 Å². The maximum atomic E-state index is 12.0. The number of nitrogens with one attached hydrogen (secondary N) is 1. The summed E-state index contributed by atoms with van der Waals surface area (Å²) in [5, 5.41) is 3.03. The molecule has 1 atom stereocenters. The van der Waals surface area contributed by atoms with E-state index in [0.29, 0.717) is 13.0 Å². The molecule has 4 heteroatoms. The molecule has 1 N–H and O–H groups in total. The van der Waals surface area contributed by atoms with Crippen molar-refractivity contribution in [1.82, 2.24) is 10.3 Å². The number of aromatic nitrogens is 1. The fourth-order valence-electron chi connectivity index (χ4n) is 2.39. The second-order valence-electron chi connectivity index (χ2n) is 5.47. The topological polar surface area (TPSA) is 51.2 Å². The van der Waals surface area contributed by atoms with Gasteiger partial charge in [0.1, 0.15) is 5.75 Å². The third-order valence-corrected chi connectivity index (χ3v) is 3.63. The van der Waals surface area contributed by atoms with Gasteiger partial charge in [-0.05, 0) is 56.5 Å². The van der Waals surface area contributed by atoms with E-state index < -0.39 is 0 Å². The van der Waals surface area contributed by atoms with Gasteiger partial charge in [0, 0.05) is 18.3 Å². The first-order chi connectivity index (χ1) is 11.2. The summed E-state index contributed by atoms with van der Waals surface area (Å²) < 4.78 is 5.42. The Morgan fingerprint density at radius 2 is 2.00 bits per heavy atom. The van der Waals surface area contributed by atoms with Crippen LogP contribution in [0.3, 0.4) is 0 Å². The Balaban J connectivity index is 1.75. The lowest BCUT2D eigenvalue weighted by molar-refractivity contribution is -0.121. The molecule has 2 rings (SSSR count). The molecule has 1 heterocycles. The minimum absolute atomic E-state index is 0.00646. The van der Waals surface area contributed by atoms with E-state index in [0.717, 1.165) is 29.8 Å². The van der Waals surface area contributed by atoms with Crippen LogP contribution in [0.5, 0.6) is 5.75 Å². The van der Waals surface area contributed by atoms with Crippen LogP contribution in [0.1, 0.15) is 44.0 Å². The minimum atomic E-state index is -0.00646. The molecule has 1 amide bonds. The van der Waals surface area contributed by atoms with Crippen LogP contribution in [-0.2, 0) is 11.2 Å². The van der Waals surface area contributed by atoms with E-state index in [1.54, 1.807) is 6.20 Å². The summed E-state index contributed by atoms with van der Waals surface area (Å²) >= 11 is 0. The lowest BCUT2D eigenvalue weighted by atomic mass is 10.1. The molecule has 0 bridgehead atoms. The number of hydrogen-bond acceptors (Lipinski definition) is 3. The zero-order valence-corrected chi connectivity index (χ0v) is 13.8. The molecule has 0 aliphatic heterocycles. The van der Waals surface area contributed by atoms with Crippen molar-refractivity contribution in [3.8, 4) is 5.75 Å². The van der Waals surface area contributed by atoms with Gasteiger partial charge in [0.05, 0.1) is 12.6 Å². The predicted molar refractivity (Wildman–Crippen MR) is 91.3 cm³/mol. The summed E-state index contributed by atoms with van der Waals surface area (Å²) in [5.74, 6) is 0.924. The van der Waals surface area contributed by atoms with Crippen molar-refractivity contribution >= 4 is 5.91 Å². The normalized spacial score (nSPS) is 11.7. The molecule has 2 aromatic rings. The molecule has 1 aromatic heterocycles. The first-order valence-corrected chi connectivity index (χ1v) is 8.11. The standard InChI is InChI=1S/C19H24N2O2/c1-3-23-18-12-10-16(11-13-18)15(2)21-19(22)9-6-8-17-7-4-5-14-20-17/h4-5,7,10-15H,3,6,8-9H2,1-2H3,(H,21,22). The number of carbonyl (C=O) groups is 1. The van der Waals surface area contributed by atoms with Gasteiger partial charge in [-0.3, -0.25) is 9.78 Å². The van der Waals surface area contributed by atoms with Gasteiger partial charge in [0.2, 0.25) is 5.91 Å². The zero-order chi connectivity index (χ0) is 16.5. The quantitative estimate of drug-likeness (QED) is 0.809. The highest BCUT2D eigenvalue weighted by Crippen LogP contribution is 2.17. The van der Waals surface area contributed by atoms with E-state index >= 15 is 0 Å². The maximum Gasteiger partial charge on any atom is 0.220 e. The van der Waals surface area contributed by atoms with Crippen LogP contribution in [0, 0.1) is 0 Å². The third-order valence-electron chi connectivity index (χ3n) is 3.63. The number of aryl methyl sites for hydroxylation is 1. The van der Waals surface area contributed by atoms with Crippen LogP contribution in [0.4, 0.5) is 0 Å². The van der Waals surface area contributed by atoms with Gasteiger partial charge in [0.25, 0.3) is 0 Å². The van der Waals surface area contributed by atoms with E-state index in [1.807, 2.05) is 56.3 Å².